The topological polar surface area (TPSA) is 71.0 Å². The number of rotatable bonds is 5. The lowest BCUT2D eigenvalue weighted by Crippen LogP contribution is -2.32. The van der Waals surface area contributed by atoms with Crippen molar-refractivity contribution >= 4 is 17.5 Å². The Morgan fingerprint density at radius 1 is 1.25 bits per heavy atom. The average Bonchev–Trinajstić information content (AvgIpc) is 3.05. The van der Waals surface area contributed by atoms with E-state index in [0.717, 1.165) is 30.9 Å². The maximum Gasteiger partial charge on any atom is 0.223 e. The summed E-state index contributed by atoms with van der Waals surface area (Å²) in [5.41, 5.74) is 0.817. The van der Waals surface area contributed by atoms with Gasteiger partial charge in [-0.1, -0.05) is 19.9 Å². The normalized spacial score (nSPS) is 17.3. The molecular formula is C18H23N5O. The van der Waals surface area contributed by atoms with Crippen LogP contribution in [0.5, 0.6) is 0 Å². The highest BCUT2D eigenvalue weighted by Gasteiger charge is 2.33. The van der Waals surface area contributed by atoms with Crippen molar-refractivity contribution in [3.8, 4) is 0 Å². The number of aromatic nitrogens is 3. The smallest absolute Gasteiger partial charge is 0.223 e. The molecule has 6 heteroatoms. The van der Waals surface area contributed by atoms with E-state index in [0.29, 0.717) is 18.2 Å². The van der Waals surface area contributed by atoms with Crippen LogP contribution in [0.2, 0.25) is 0 Å². The number of carbonyl (C=O) groups excluding carboxylic acids is 1. The zero-order chi connectivity index (χ0) is 16.9. The third kappa shape index (κ3) is 3.69. The summed E-state index contributed by atoms with van der Waals surface area (Å²) >= 11 is 0. The van der Waals surface area contributed by atoms with Gasteiger partial charge >= 0.3 is 0 Å². The van der Waals surface area contributed by atoms with Gasteiger partial charge in [-0.05, 0) is 30.9 Å². The monoisotopic (exact) mass is 325 g/mol. The van der Waals surface area contributed by atoms with E-state index >= 15 is 0 Å². The molecule has 1 atom stereocenters. The second-order valence-corrected chi connectivity index (χ2v) is 6.47. The molecule has 1 N–H and O–H groups in total. The molecule has 0 aliphatic carbocycles. The molecule has 126 valence electrons. The van der Waals surface area contributed by atoms with Crippen molar-refractivity contribution in [3.05, 3.63) is 42.5 Å². The summed E-state index contributed by atoms with van der Waals surface area (Å²) in [6, 6.07) is 5.65. The minimum atomic E-state index is -0.0174. The summed E-state index contributed by atoms with van der Waals surface area (Å²) in [6.07, 6.45) is 7.55. The van der Waals surface area contributed by atoms with Crippen molar-refractivity contribution in [2.75, 3.05) is 11.9 Å². The van der Waals surface area contributed by atoms with E-state index in [4.69, 9.17) is 0 Å². The van der Waals surface area contributed by atoms with E-state index in [2.05, 4.69) is 34.1 Å². The molecular weight excluding hydrogens is 302 g/mol. The minimum absolute atomic E-state index is 0.0174. The maximum atomic E-state index is 12.6. The Bertz CT molecular complexity index is 689. The zero-order valence-corrected chi connectivity index (χ0v) is 14.1. The maximum absolute atomic E-state index is 12.6. The number of amides is 1. The molecule has 0 radical (unpaired) electrons. The van der Waals surface area contributed by atoms with Gasteiger partial charge in [0.1, 0.15) is 11.5 Å². The molecule has 2 aromatic rings. The quantitative estimate of drug-likeness (QED) is 0.913. The first-order valence-corrected chi connectivity index (χ1v) is 8.43. The highest BCUT2D eigenvalue weighted by Crippen LogP contribution is 2.35. The van der Waals surface area contributed by atoms with Gasteiger partial charge in [0.2, 0.25) is 5.91 Å². The lowest BCUT2D eigenvalue weighted by Gasteiger charge is -2.26. The Labute approximate surface area is 142 Å². The molecule has 3 heterocycles. The predicted molar refractivity (Wildman–Crippen MR) is 92.7 cm³/mol. The SMILES string of the molecule is CC(C)CC(=O)N1CCC[C@H]1c1nccnc1Nc1ccccn1. The summed E-state index contributed by atoms with van der Waals surface area (Å²) in [5, 5.41) is 3.23. The molecule has 2 aromatic heterocycles. The van der Waals surface area contributed by atoms with E-state index in [9.17, 15) is 4.79 Å². The Hall–Kier alpha value is -2.50. The van der Waals surface area contributed by atoms with Crippen molar-refractivity contribution in [2.45, 2.75) is 39.2 Å². The van der Waals surface area contributed by atoms with Crippen LogP contribution in [0.15, 0.2) is 36.8 Å². The van der Waals surface area contributed by atoms with Crippen LogP contribution in [0.3, 0.4) is 0 Å². The predicted octanol–water partition coefficient (Wildman–Crippen LogP) is 3.32. The summed E-state index contributed by atoms with van der Waals surface area (Å²) in [5.74, 6) is 1.94. The van der Waals surface area contributed by atoms with Gasteiger partial charge in [0, 0.05) is 31.6 Å². The van der Waals surface area contributed by atoms with Crippen LogP contribution < -0.4 is 5.32 Å². The molecule has 0 spiro atoms. The summed E-state index contributed by atoms with van der Waals surface area (Å²) in [4.78, 5) is 27.7. The molecule has 1 saturated heterocycles. The van der Waals surface area contributed by atoms with Crippen LogP contribution in [-0.2, 0) is 4.79 Å². The molecule has 0 aromatic carbocycles. The van der Waals surface area contributed by atoms with Crippen LogP contribution in [0.4, 0.5) is 11.6 Å². The summed E-state index contributed by atoms with van der Waals surface area (Å²) < 4.78 is 0. The zero-order valence-electron chi connectivity index (χ0n) is 14.1. The Morgan fingerprint density at radius 3 is 2.83 bits per heavy atom. The molecule has 0 bridgehead atoms. The van der Waals surface area contributed by atoms with Gasteiger partial charge in [-0.25, -0.2) is 9.97 Å². The highest BCUT2D eigenvalue weighted by atomic mass is 16.2. The fourth-order valence-electron chi connectivity index (χ4n) is 3.06. The molecule has 3 rings (SSSR count). The first-order chi connectivity index (χ1) is 11.6. The molecule has 1 aliphatic heterocycles. The van der Waals surface area contributed by atoms with E-state index < -0.39 is 0 Å². The fraction of sp³-hybridized carbons (Fsp3) is 0.444. The van der Waals surface area contributed by atoms with E-state index in [1.807, 2.05) is 23.1 Å². The van der Waals surface area contributed by atoms with Gasteiger partial charge in [-0.3, -0.25) is 9.78 Å². The number of anilines is 2. The number of nitrogens with zero attached hydrogens (tertiary/aromatic N) is 4. The minimum Gasteiger partial charge on any atom is -0.334 e. The van der Waals surface area contributed by atoms with Gasteiger partial charge in [0.25, 0.3) is 0 Å². The number of nitrogens with one attached hydrogen (secondary N) is 1. The number of pyridine rings is 1. The molecule has 1 aliphatic rings. The van der Waals surface area contributed by atoms with Crippen LogP contribution in [-0.4, -0.2) is 32.3 Å². The van der Waals surface area contributed by atoms with Crippen molar-refractivity contribution in [1.29, 1.82) is 0 Å². The Morgan fingerprint density at radius 2 is 2.08 bits per heavy atom. The molecule has 1 amide bonds. The van der Waals surface area contributed by atoms with Gasteiger partial charge in [-0.15, -0.1) is 0 Å². The van der Waals surface area contributed by atoms with Crippen molar-refractivity contribution in [3.63, 3.8) is 0 Å². The van der Waals surface area contributed by atoms with Crippen molar-refractivity contribution in [2.24, 2.45) is 5.92 Å². The lowest BCUT2D eigenvalue weighted by molar-refractivity contribution is -0.132. The first kappa shape index (κ1) is 16.4. The van der Waals surface area contributed by atoms with Crippen molar-refractivity contribution in [1.82, 2.24) is 19.9 Å². The summed E-state index contributed by atoms with van der Waals surface area (Å²) in [7, 11) is 0. The van der Waals surface area contributed by atoms with E-state index in [1.165, 1.54) is 0 Å². The third-order valence-corrected chi connectivity index (χ3v) is 4.11. The first-order valence-electron chi connectivity index (χ1n) is 8.43. The highest BCUT2D eigenvalue weighted by molar-refractivity contribution is 5.77. The number of likely N-dealkylation sites (tertiary alicyclic amines) is 1. The van der Waals surface area contributed by atoms with Crippen LogP contribution in [0.1, 0.15) is 44.8 Å². The Kier molecular flexibility index (Phi) is 5.03. The van der Waals surface area contributed by atoms with Crippen LogP contribution >= 0.6 is 0 Å². The average molecular weight is 325 g/mol. The molecule has 0 unspecified atom stereocenters. The molecule has 6 nitrogen and oxygen atoms in total. The van der Waals surface area contributed by atoms with Crippen molar-refractivity contribution < 1.29 is 4.79 Å². The summed E-state index contributed by atoms with van der Waals surface area (Å²) in [6.45, 7) is 4.93. The lowest BCUT2D eigenvalue weighted by atomic mass is 10.1. The fourth-order valence-corrected chi connectivity index (χ4v) is 3.06. The van der Waals surface area contributed by atoms with E-state index in [1.54, 1.807) is 18.6 Å². The number of carbonyl (C=O) groups is 1. The van der Waals surface area contributed by atoms with Gasteiger partial charge < -0.3 is 10.2 Å². The molecule has 0 saturated carbocycles. The third-order valence-electron chi connectivity index (χ3n) is 4.11. The van der Waals surface area contributed by atoms with Gasteiger partial charge in [0.15, 0.2) is 5.82 Å². The number of hydrogen-bond donors (Lipinski definition) is 1. The molecule has 1 fully saturated rings. The molecule has 24 heavy (non-hydrogen) atoms. The van der Waals surface area contributed by atoms with Gasteiger partial charge in [0.05, 0.1) is 6.04 Å². The number of hydrogen-bond acceptors (Lipinski definition) is 5. The standard InChI is InChI=1S/C18H23N5O/c1-13(2)12-16(24)23-11-5-6-14(23)17-18(21-10-9-20-17)22-15-7-3-4-8-19-15/h3-4,7-10,13-14H,5-6,11-12H2,1-2H3,(H,19,21,22)/t14-/m0/s1. The van der Waals surface area contributed by atoms with E-state index in [-0.39, 0.29) is 11.9 Å². The van der Waals surface area contributed by atoms with Gasteiger partial charge in [-0.2, -0.15) is 0 Å². The Balaban J connectivity index is 1.84. The largest absolute Gasteiger partial charge is 0.334 e. The van der Waals surface area contributed by atoms with Crippen LogP contribution in [0.25, 0.3) is 0 Å². The second-order valence-electron chi connectivity index (χ2n) is 6.47. The second kappa shape index (κ2) is 7.38. The van der Waals surface area contributed by atoms with Crippen LogP contribution in [0, 0.1) is 5.92 Å².